The average molecular weight is 826 g/mol. The maximum Gasteiger partial charge on any atom is 0.329 e. The van der Waals surface area contributed by atoms with Crippen LogP contribution in [0.5, 0.6) is 0 Å². The number of Topliss-reactive ketones (excluding diaryl/α,β-unsaturated/α-hetero) is 2. The number of carbonyl (C=O) groups is 4. The molecular weight excluding hydrogens is 751 g/mol. The molecule has 11 heteroatoms. The van der Waals surface area contributed by atoms with Crippen molar-refractivity contribution in [1.29, 1.82) is 0 Å². The van der Waals surface area contributed by atoms with Gasteiger partial charge in [-0.2, -0.15) is 0 Å². The summed E-state index contributed by atoms with van der Waals surface area (Å²) in [5.74, 6) is -3.98. The first kappa shape index (κ1) is 48.7. The molecule has 3 heterocycles. The minimum atomic E-state index is -1.78. The maximum absolute atomic E-state index is 14.2. The van der Waals surface area contributed by atoms with Crippen molar-refractivity contribution in [3.8, 4) is 0 Å². The number of fused-ring (bicyclic) bond motifs is 3. The summed E-state index contributed by atoms with van der Waals surface area (Å²) in [6, 6.07) is -0.879. The third kappa shape index (κ3) is 14.6. The molecule has 1 saturated carbocycles. The standard InChI is InChI=1S/C48H75NO10/c1-30-13-9-8-10-14-31(2)41(51)26-39-21-16-36(7)48(57,59-39)29-46(55)49-22-12-11-15-40(49)47(56)58-45(35(6)25-37-17-19-38(50)20-18-37)28-44(54)34(5)24-33(4)43(53)27-42(52)32(3)23-30/h8-10,13-14,24,30,32,34-41,43,45,50-51,53,57H,11-12,15-23,25-29H2,1-7H3/b10-8+,13-9-,31-14+,33-24+/t30-,32-,34-,35-,36-,37?,38?,39+,40?,41+,43+,45+,48+/m1/s1. The van der Waals surface area contributed by atoms with Crippen molar-refractivity contribution in [3.63, 3.8) is 0 Å². The van der Waals surface area contributed by atoms with E-state index in [9.17, 15) is 39.6 Å². The molecule has 0 aromatic rings. The summed E-state index contributed by atoms with van der Waals surface area (Å²) < 4.78 is 12.5. The maximum atomic E-state index is 14.2. The molecule has 11 atom stereocenters. The highest BCUT2D eigenvalue weighted by molar-refractivity contribution is 5.86. The smallest absolute Gasteiger partial charge is 0.329 e. The van der Waals surface area contributed by atoms with Crippen LogP contribution in [0.1, 0.15) is 145 Å². The van der Waals surface area contributed by atoms with Gasteiger partial charge in [0.15, 0.2) is 5.79 Å². The van der Waals surface area contributed by atoms with Crippen molar-refractivity contribution in [2.75, 3.05) is 6.54 Å². The van der Waals surface area contributed by atoms with Crippen molar-refractivity contribution in [2.45, 2.75) is 187 Å². The molecular formula is C48H75NO10. The second-order valence-corrected chi connectivity index (χ2v) is 18.8. The average Bonchev–Trinajstić information content (AvgIpc) is 3.18. The zero-order chi connectivity index (χ0) is 43.4. The molecule has 1 amide bonds. The lowest BCUT2D eigenvalue weighted by molar-refractivity contribution is -0.283. The SMILES string of the molecule is C/C1=C\[C@@H](C)C(=O)C[C@@H]([C@H](C)CC2CCC(O)CC2)OC(=O)C2CCCCN2C(=O)C[C@]2(O)O[C@@H](CC[C@H]2C)C[C@H](O)/C(C)=C/C=C/C=C\[C@@H](C)C[C@@H](C)C(=O)C[C@@H]1O. The van der Waals surface area contributed by atoms with E-state index in [1.54, 1.807) is 19.9 Å². The van der Waals surface area contributed by atoms with E-state index in [-0.39, 0.29) is 67.0 Å². The van der Waals surface area contributed by atoms with Crippen LogP contribution in [0.2, 0.25) is 0 Å². The molecule has 4 rings (SSSR count). The number of aliphatic hydroxyl groups excluding tert-OH is 3. The molecule has 1 aliphatic carbocycles. The number of cyclic esters (lactones) is 1. The molecule has 2 saturated heterocycles. The Morgan fingerprint density at radius 1 is 0.814 bits per heavy atom. The molecule has 0 spiro atoms. The molecule has 4 N–H and O–H groups in total. The minimum Gasteiger partial charge on any atom is -0.460 e. The van der Waals surface area contributed by atoms with E-state index in [2.05, 4.69) is 0 Å². The summed E-state index contributed by atoms with van der Waals surface area (Å²) in [5, 5.41) is 44.1. The van der Waals surface area contributed by atoms with E-state index in [4.69, 9.17) is 9.47 Å². The number of allylic oxidation sites excluding steroid dienone is 6. The third-order valence-corrected chi connectivity index (χ3v) is 13.6. The van der Waals surface area contributed by atoms with Gasteiger partial charge < -0.3 is 34.8 Å². The molecule has 0 aromatic heterocycles. The Hall–Kier alpha value is -2.96. The van der Waals surface area contributed by atoms with Gasteiger partial charge in [0.05, 0.1) is 30.8 Å². The first-order valence-electron chi connectivity index (χ1n) is 22.6. The summed E-state index contributed by atoms with van der Waals surface area (Å²) in [6.07, 6.45) is 15.0. The topological polar surface area (TPSA) is 171 Å². The van der Waals surface area contributed by atoms with Gasteiger partial charge in [-0.15, -0.1) is 0 Å². The molecule has 0 radical (unpaired) electrons. The molecule has 1 unspecified atom stereocenters. The second-order valence-electron chi connectivity index (χ2n) is 18.8. The Kier molecular flexibility index (Phi) is 18.8. The van der Waals surface area contributed by atoms with Gasteiger partial charge >= 0.3 is 5.97 Å². The van der Waals surface area contributed by atoms with Crippen LogP contribution < -0.4 is 0 Å². The van der Waals surface area contributed by atoms with Crippen molar-refractivity contribution in [3.05, 3.63) is 47.6 Å². The van der Waals surface area contributed by atoms with E-state index in [0.717, 1.165) is 18.4 Å². The molecule has 3 aliphatic heterocycles. The summed E-state index contributed by atoms with van der Waals surface area (Å²) in [5.41, 5.74) is 1.26. The monoisotopic (exact) mass is 826 g/mol. The highest BCUT2D eigenvalue weighted by atomic mass is 16.6. The van der Waals surface area contributed by atoms with Crippen LogP contribution >= 0.6 is 0 Å². The summed E-state index contributed by atoms with van der Waals surface area (Å²) in [7, 11) is 0. The van der Waals surface area contributed by atoms with Gasteiger partial charge in [0.2, 0.25) is 5.91 Å². The van der Waals surface area contributed by atoms with E-state index in [0.29, 0.717) is 75.8 Å². The number of hydrogen-bond acceptors (Lipinski definition) is 10. The van der Waals surface area contributed by atoms with Gasteiger partial charge in [-0.3, -0.25) is 14.4 Å². The molecule has 4 aliphatic rings. The molecule has 59 heavy (non-hydrogen) atoms. The lowest BCUT2D eigenvalue weighted by Gasteiger charge is -2.44. The third-order valence-electron chi connectivity index (χ3n) is 13.6. The van der Waals surface area contributed by atoms with Crippen molar-refractivity contribution in [1.82, 2.24) is 4.90 Å². The number of esters is 1. The summed E-state index contributed by atoms with van der Waals surface area (Å²) >= 11 is 0. The first-order valence-corrected chi connectivity index (χ1v) is 22.6. The Balaban J connectivity index is 1.61. The zero-order valence-corrected chi connectivity index (χ0v) is 36.9. The number of ether oxygens (including phenoxy) is 2. The summed E-state index contributed by atoms with van der Waals surface area (Å²) in [4.78, 5) is 56.8. The predicted octanol–water partition coefficient (Wildman–Crippen LogP) is 7.10. The van der Waals surface area contributed by atoms with Gasteiger partial charge in [-0.05, 0) is 113 Å². The number of aliphatic hydroxyl groups is 4. The molecule has 3 fully saturated rings. The zero-order valence-electron chi connectivity index (χ0n) is 36.9. The van der Waals surface area contributed by atoms with Crippen molar-refractivity contribution >= 4 is 23.4 Å². The van der Waals surface area contributed by atoms with Gasteiger partial charge in [0.25, 0.3) is 0 Å². The molecule has 0 aromatic carbocycles. The Bertz CT molecular complexity index is 1540. The molecule has 332 valence electrons. The number of carbonyl (C=O) groups excluding carboxylic acids is 4. The Morgan fingerprint density at radius 2 is 1.53 bits per heavy atom. The largest absolute Gasteiger partial charge is 0.460 e. The number of piperidine rings is 1. The van der Waals surface area contributed by atoms with E-state index < -0.39 is 54.0 Å². The van der Waals surface area contributed by atoms with Crippen LogP contribution in [-0.4, -0.2) is 97.7 Å². The minimum absolute atomic E-state index is 0.0481. The van der Waals surface area contributed by atoms with Gasteiger partial charge in [-0.1, -0.05) is 71.1 Å². The van der Waals surface area contributed by atoms with E-state index in [1.807, 2.05) is 65.0 Å². The molecule has 2 bridgehead atoms. The van der Waals surface area contributed by atoms with Crippen molar-refractivity contribution < 1.29 is 49.1 Å². The normalized spacial score (nSPS) is 40.7. The fourth-order valence-corrected chi connectivity index (χ4v) is 9.32. The quantitative estimate of drug-likeness (QED) is 0.170. The first-order chi connectivity index (χ1) is 27.9. The lowest BCUT2D eigenvalue weighted by atomic mass is 9.79. The van der Waals surface area contributed by atoms with Crippen LogP contribution in [0.4, 0.5) is 0 Å². The Morgan fingerprint density at radius 3 is 2.24 bits per heavy atom. The number of amides is 1. The second kappa shape index (κ2) is 22.8. The van der Waals surface area contributed by atoms with E-state index >= 15 is 0 Å². The predicted molar refractivity (Wildman–Crippen MR) is 228 cm³/mol. The Labute approximate surface area is 353 Å². The lowest BCUT2D eigenvalue weighted by Crippen LogP contribution is -2.54. The number of hydrogen-bond donors (Lipinski definition) is 4. The van der Waals surface area contributed by atoms with Gasteiger partial charge in [0, 0.05) is 43.6 Å². The van der Waals surface area contributed by atoms with Crippen LogP contribution in [0.25, 0.3) is 0 Å². The number of nitrogens with zero attached hydrogens (tertiary/aromatic N) is 1. The van der Waals surface area contributed by atoms with Crippen molar-refractivity contribution in [2.24, 2.45) is 35.5 Å². The van der Waals surface area contributed by atoms with Gasteiger partial charge in [0.1, 0.15) is 23.7 Å². The number of rotatable bonds is 3. The molecule has 11 nitrogen and oxygen atoms in total. The summed E-state index contributed by atoms with van der Waals surface area (Å²) in [6.45, 7) is 13.4. The van der Waals surface area contributed by atoms with E-state index in [1.165, 1.54) is 4.90 Å². The fraction of sp³-hybridized carbons (Fsp3) is 0.750. The van der Waals surface area contributed by atoms with Gasteiger partial charge in [-0.25, -0.2) is 4.79 Å². The fourth-order valence-electron chi connectivity index (χ4n) is 9.32. The van der Waals surface area contributed by atoms with Crippen LogP contribution in [-0.2, 0) is 28.7 Å². The highest BCUT2D eigenvalue weighted by Crippen LogP contribution is 2.38. The van der Waals surface area contributed by atoms with Crippen LogP contribution in [0.15, 0.2) is 47.6 Å². The van der Waals surface area contributed by atoms with Crippen LogP contribution in [0, 0.1) is 35.5 Å². The number of ketones is 2. The van der Waals surface area contributed by atoms with Crippen LogP contribution in [0.3, 0.4) is 0 Å². The highest BCUT2D eigenvalue weighted by Gasteiger charge is 2.46.